The van der Waals surface area contributed by atoms with Gasteiger partial charge < -0.3 is 15.2 Å². The number of hydrogen-bond acceptors (Lipinski definition) is 4. The average Bonchev–Trinajstić information content (AvgIpc) is 2.57. The van der Waals surface area contributed by atoms with Crippen molar-refractivity contribution in [1.29, 1.82) is 5.26 Å². The van der Waals surface area contributed by atoms with E-state index in [1.165, 1.54) is 49.6 Å². The number of amides is 1. The van der Waals surface area contributed by atoms with Gasteiger partial charge in [-0.2, -0.15) is 5.26 Å². The van der Waals surface area contributed by atoms with Crippen LogP contribution in [0.15, 0.2) is 46.4 Å². The standard InChI is InChI=1S/C17H12BrFN2O3/c1-24-16-8-14(18)10(7-15(16)22)6-11(9-20)17(23)21-13-4-2-12(19)3-5-13/h2-8,22H,1H3,(H,21,23)/b11-6+. The topological polar surface area (TPSA) is 82.3 Å². The molecule has 122 valence electrons. The van der Waals surface area contributed by atoms with Gasteiger partial charge in [-0.1, -0.05) is 15.9 Å². The smallest absolute Gasteiger partial charge is 0.266 e. The summed E-state index contributed by atoms with van der Waals surface area (Å²) in [7, 11) is 1.41. The number of aromatic hydroxyl groups is 1. The van der Waals surface area contributed by atoms with Gasteiger partial charge >= 0.3 is 0 Å². The van der Waals surface area contributed by atoms with Gasteiger partial charge in [-0.05, 0) is 48.0 Å². The van der Waals surface area contributed by atoms with E-state index in [9.17, 15) is 19.6 Å². The van der Waals surface area contributed by atoms with Gasteiger partial charge in [-0.25, -0.2) is 4.39 Å². The monoisotopic (exact) mass is 390 g/mol. The van der Waals surface area contributed by atoms with Gasteiger partial charge in [-0.3, -0.25) is 4.79 Å². The first kappa shape index (κ1) is 17.5. The van der Waals surface area contributed by atoms with Crippen molar-refractivity contribution in [3.8, 4) is 17.6 Å². The lowest BCUT2D eigenvalue weighted by atomic mass is 10.1. The molecule has 5 nitrogen and oxygen atoms in total. The summed E-state index contributed by atoms with van der Waals surface area (Å²) in [4.78, 5) is 12.2. The van der Waals surface area contributed by atoms with Gasteiger partial charge in [0.2, 0.25) is 0 Å². The third kappa shape index (κ3) is 4.12. The fourth-order valence-corrected chi connectivity index (χ4v) is 2.31. The highest BCUT2D eigenvalue weighted by Crippen LogP contribution is 2.33. The second-order valence-electron chi connectivity index (χ2n) is 4.68. The highest BCUT2D eigenvalue weighted by molar-refractivity contribution is 9.10. The molecular formula is C17H12BrFN2O3. The second kappa shape index (κ2) is 7.62. The van der Waals surface area contributed by atoms with Crippen molar-refractivity contribution in [3.05, 3.63) is 57.8 Å². The van der Waals surface area contributed by atoms with Crippen LogP contribution in [-0.2, 0) is 4.79 Å². The Morgan fingerprint density at radius 1 is 1.38 bits per heavy atom. The molecule has 1 amide bonds. The number of ether oxygens (including phenoxy) is 1. The number of carbonyl (C=O) groups is 1. The van der Waals surface area contributed by atoms with Crippen molar-refractivity contribution in [2.45, 2.75) is 0 Å². The van der Waals surface area contributed by atoms with Crippen LogP contribution in [0, 0.1) is 17.1 Å². The number of nitriles is 1. The summed E-state index contributed by atoms with van der Waals surface area (Å²) < 4.78 is 18.4. The number of hydrogen-bond donors (Lipinski definition) is 2. The van der Waals surface area contributed by atoms with Crippen LogP contribution in [0.2, 0.25) is 0 Å². The normalized spacial score (nSPS) is 10.8. The molecule has 0 saturated heterocycles. The molecule has 0 saturated carbocycles. The summed E-state index contributed by atoms with van der Waals surface area (Å²) in [6, 6.07) is 9.86. The summed E-state index contributed by atoms with van der Waals surface area (Å²) in [6.45, 7) is 0. The maximum absolute atomic E-state index is 12.9. The molecule has 24 heavy (non-hydrogen) atoms. The fraction of sp³-hybridized carbons (Fsp3) is 0.0588. The van der Waals surface area contributed by atoms with Crippen LogP contribution in [0.5, 0.6) is 11.5 Å². The van der Waals surface area contributed by atoms with Gasteiger partial charge in [-0.15, -0.1) is 0 Å². The van der Waals surface area contributed by atoms with Gasteiger partial charge in [0.25, 0.3) is 5.91 Å². The molecular weight excluding hydrogens is 379 g/mol. The first-order valence-corrected chi connectivity index (χ1v) is 7.49. The van der Waals surface area contributed by atoms with E-state index in [1.54, 1.807) is 6.07 Å². The highest BCUT2D eigenvalue weighted by Gasteiger charge is 2.12. The lowest BCUT2D eigenvalue weighted by Crippen LogP contribution is -2.13. The zero-order valence-electron chi connectivity index (χ0n) is 12.5. The Hall–Kier alpha value is -2.85. The fourth-order valence-electron chi connectivity index (χ4n) is 1.87. The molecule has 2 aromatic rings. The number of anilines is 1. The van der Waals surface area contributed by atoms with Crippen LogP contribution in [0.3, 0.4) is 0 Å². The predicted molar refractivity (Wildman–Crippen MR) is 91.0 cm³/mol. The molecule has 0 unspecified atom stereocenters. The summed E-state index contributed by atoms with van der Waals surface area (Å²) >= 11 is 3.29. The van der Waals surface area contributed by atoms with Crippen molar-refractivity contribution in [3.63, 3.8) is 0 Å². The maximum Gasteiger partial charge on any atom is 0.266 e. The number of nitrogens with zero attached hydrogens (tertiary/aromatic N) is 1. The number of nitrogens with one attached hydrogen (secondary N) is 1. The van der Waals surface area contributed by atoms with Crippen LogP contribution in [0.4, 0.5) is 10.1 Å². The number of phenols is 1. The Morgan fingerprint density at radius 2 is 2.04 bits per heavy atom. The van der Waals surface area contributed by atoms with Gasteiger partial charge in [0.1, 0.15) is 17.5 Å². The number of methoxy groups -OCH3 is 1. The third-order valence-corrected chi connectivity index (χ3v) is 3.75. The van der Waals surface area contributed by atoms with E-state index < -0.39 is 11.7 Å². The first-order chi connectivity index (χ1) is 11.4. The third-order valence-electron chi connectivity index (χ3n) is 3.07. The van der Waals surface area contributed by atoms with Gasteiger partial charge in [0, 0.05) is 10.2 Å². The Labute approximate surface area is 146 Å². The molecule has 2 N–H and O–H groups in total. The Morgan fingerprint density at radius 3 is 2.62 bits per heavy atom. The van der Waals surface area contributed by atoms with E-state index in [-0.39, 0.29) is 17.1 Å². The number of rotatable bonds is 4. The van der Waals surface area contributed by atoms with Crippen molar-refractivity contribution in [1.82, 2.24) is 0 Å². The SMILES string of the molecule is COc1cc(Br)c(/C=C(\C#N)C(=O)Nc2ccc(F)cc2)cc1O. The van der Waals surface area contributed by atoms with E-state index >= 15 is 0 Å². The van der Waals surface area contributed by atoms with Gasteiger partial charge in [0.05, 0.1) is 7.11 Å². The molecule has 0 aliphatic carbocycles. The molecule has 0 atom stereocenters. The summed E-state index contributed by atoms with van der Waals surface area (Å²) in [5, 5.41) is 21.5. The molecule has 7 heteroatoms. The number of halogens is 2. The van der Waals surface area contributed by atoms with Crippen molar-refractivity contribution < 1.29 is 19.0 Å². The Kier molecular flexibility index (Phi) is 5.55. The van der Waals surface area contributed by atoms with E-state index in [0.717, 1.165) is 0 Å². The molecule has 2 aromatic carbocycles. The minimum Gasteiger partial charge on any atom is -0.504 e. The molecule has 0 aliphatic rings. The minimum atomic E-state index is -0.647. The van der Waals surface area contributed by atoms with Crippen molar-refractivity contribution in [2.75, 3.05) is 12.4 Å². The van der Waals surface area contributed by atoms with E-state index in [4.69, 9.17) is 4.74 Å². The molecule has 0 aliphatic heterocycles. The zero-order valence-corrected chi connectivity index (χ0v) is 14.1. The van der Waals surface area contributed by atoms with Crippen LogP contribution in [0.25, 0.3) is 6.08 Å². The molecule has 2 rings (SSSR count). The summed E-state index contributed by atoms with van der Waals surface area (Å²) in [5.74, 6) is -0.940. The van der Waals surface area contributed by atoms with Gasteiger partial charge in [0.15, 0.2) is 11.5 Å². The summed E-state index contributed by atoms with van der Waals surface area (Å²) in [6.07, 6.45) is 1.32. The van der Waals surface area contributed by atoms with Crippen LogP contribution in [0.1, 0.15) is 5.56 Å². The van der Waals surface area contributed by atoms with E-state index in [1.807, 2.05) is 0 Å². The zero-order chi connectivity index (χ0) is 17.7. The van der Waals surface area contributed by atoms with E-state index in [0.29, 0.717) is 15.7 Å². The Balaban J connectivity index is 2.29. The van der Waals surface area contributed by atoms with Crippen molar-refractivity contribution in [2.24, 2.45) is 0 Å². The maximum atomic E-state index is 12.9. The first-order valence-electron chi connectivity index (χ1n) is 6.70. The van der Waals surface area contributed by atoms with E-state index in [2.05, 4.69) is 21.2 Å². The lowest BCUT2D eigenvalue weighted by molar-refractivity contribution is -0.112. The second-order valence-corrected chi connectivity index (χ2v) is 5.53. The summed E-state index contributed by atoms with van der Waals surface area (Å²) in [5.41, 5.74) is 0.614. The van der Waals surface area contributed by atoms with Crippen LogP contribution in [-0.4, -0.2) is 18.1 Å². The average molecular weight is 391 g/mol. The number of benzene rings is 2. The quantitative estimate of drug-likeness (QED) is 0.613. The molecule has 0 bridgehead atoms. The predicted octanol–water partition coefficient (Wildman–Crippen LogP) is 3.85. The molecule has 0 radical (unpaired) electrons. The number of phenolic OH excluding ortho intramolecular Hbond substituents is 1. The largest absolute Gasteiger partial charge is 0.504 e. The van der Waals surface area contributed by atoms with Crippen LogP contribution < -0.4 is 10.1 Å². The number of carbonyl (C=O) groups excluding carboxylic acids is 1. The molecule has 0 aromatic heterocycles. The highest BCUT2D eigenvalue weighted by atomic mass is 79.9. The minimum absolute atomic E-state index is 0.122. The molecule has 0 spiro atoms. The van der Waals surface area contributed by atoms with Crippen molar-refractivity contribution >= 4 is 33.6 Å². The molecule has 0 heterocycles. The Bertz CT molecular complexity index is 842. The molecule has 0 fully saturated rings. The van der Waals surface area contributed by atoms with Crippen LogP contribution >= 0.6 is 15.9 Å². The lowest BCUT2D eigenvalue weighted by Gasteiger charge is -2.07.